The maximum absolute atomic E-state index is 10.7. The van der Waals surface area contributed by atoms with Gasteiger partial charge < -0.3 is 9.84 Å². The van der Waals surface area contributed by atoms with Crippen LogP contribution < -0.4 is 0 Å². The van der Waals surface area contributed by atoms with Gasteiger partial charge in [-0.25, -0.2) is 0 Å². The van der Waals surface area contributed by atoms with Gasteiger partial charge in [0, 0.05) is 7.11 Å². The molecule has 2 nitrogen and oxygen atoms in total. The molecule has 2 rings (SSSR count). The van der Waals surface area contributed by atoms with Gasteiger partial charge in [-0.15, -0.1) is 0 Å². The molecule has 0 aliphatic heterocycles. The van der Waals surface area contributed by atoms with Crippen molar-refractivity contribution in [1.29, 1.82) is 0 Å². The van der Waals surface area contributed by atoms with Crippen molar-refractivity contribution in [3.05, 3.63) is 35.4 Å². The van der Waals surface area contributed by atoms with Crippen LogP contribution in [0.15, 0.2) is 24.3 Å². The number of rotatable bonds is 3. The zero-order chi connectivity index (χ0) is 12.3. The minimum Gasteiger partial charge on any atom is -0.385 e. The van der Waals surface area contributed by atoms with Gasteiger partial charge in [0.25, 0.3) is 0 Å². The van der Waals surface area contributed by atoms with E-state index in [0.29, 0.717) is 6.10 Å². The molecule has 1 aliphatic carbocycles. The second kappa shape index (κ2) is 5.19. The number of aliphatic hydroxyl groups is 1. The van der Waals surface area contributed by atoms with Gasteiger partial charge in [-0.2, -0.15) is 0 Å². The predicted molar refractivity (Wildman–Crippen MR) is 69.0 cm³/mol. The van der Waals surface area contributed by atoms with Crippen LogP contribution in [-0.4, -0.2) is 18.3 Å². The molecule has 0 saturated heterocycles. The summed E-state index contributed by atoms with van der Waals surface area (Å²) in [6.45, 7) is 2.14. The van der Waals surface area contributed by atoms with Crippen LogP contribution in [0.1, 0.15) is 43.7 Å². The molecule has 0 amide bonds. The van der Waals surface area contributed by atoms with Crippen LogP contribution in [0, 0.1) is 0 Å². The van der Waals surface area contributed by atoms with Crippen LogP contribution in [0.4, 0.5) is 0 Å². The summed E-state index contributed by atoms with van der Waals surface area (Å²) < 4.78 is 5.35. The van der Waals surface area contributed by atoms with Crippen molar-refractivity contribution in [1.82, 2.24) is 0 Å². The van der Waals surface area contributed by atoms with Gasteiger partial charge in [-0.1, -0.05) is 31.2 Å². The highest BCUT2D eigenvalue weighted by molar-refractivity contribution is 5.28. The molecule has 2 heteroatoms. The van der Waals surface area contributed by atoms with Crippen molar-refractivity contribution < 1.29 is 9.84 Å². The van der Waals surface area contributed by atoms with E-state index in [0.717, 1.165) is 37.7 Å². The van der Waals surface area contributed by atoms with Crippen molar-refractivity contribution in [2.24, 2.45) is 0 Å². The summed E-state index contributed by atoms with van der Waals surface area (Å²) in [7, 11) is 1.76. The molecule has 0 spiro atoms. The van der Waals surface area contributed by atoms with E-state index < -0.39 is 5.60 Å². The Bertz CT molecular complexity index is 365. The van der Waals surface area contributed by atoms with Gasteiger partial charge in [0.1, 0.15) is 0 Å². The molecule has 0 aromatic heterocycles. The SMILES string of the molecule is CCc1cccc(C2(O)CCC(OC)CC2)c1. The fraction of sp³-hybridized carbons (Fsp3) is 0.600. The topological polar surface area (TPSA) is 29.5 Å². The first-order valence-corrected chi connectivity index (χ1v) is 6.52. The number of benzene rings is 1. The van der Waals surface area contributed by atoms with E-state index in [4.69, 9.17) is 4.74 Å². The molecule has 1 aliphatic rings. The lowest BCUT2D eigenvalue weighted by molar-refractivity contribution is -0.0474. The van der Waals surface area contributed by atoms with E-state index in [1.54, 1.807) is 7.11 Å². The van der Waals surface area contributed by atoms with E-state index in [9.17, 15) is 5.11 Å². The molecular formula is C15H22O2. The van der Waals surface area contributed by atoms with Crippen molar-refractivity contribution >= 4 is 0 Å². The highest BCUT2D eigenvalue weighted by Gasteiger charge is 2.34. The molecule has 1 aromatic carbocycles. The average Bonchev–Trinajstić information content (AvgIpc) is 2.40. The average molecular weight is 234 g/mol. The van der Waals surface area contributed by atoms with Crippen LogP contribution in [0.5, 0.6) is 0 Å². The van der Waals surface area contributed by atoms with Gasteiger partial charge in [-0.05, 0) is 43.2 Å². The molecule has 0 bridgehead atoms. The molecule has 1 aromatic rings. The van der Waals surface area contributed by atoms with E-state index in [1.807, 2.05) is 6.07 Å². The van der Waals surface area contributed by atoms with E-state index in [1.165, 1.54) is 5.56 Å². The van der Waals surface area contributed by atoms with Crippen molar-refractivity contribution in [3.63, 3.8) is 0 Å². The largest absolute Gasteiger partial charge is 0.385 e. The van der Waals surface area contributed by atoms with Crippen LogP contribution in [0.3, 0.4) is 0 Å². The smallest absolute Gasteiger partial charge is 0.0898 e. The Kier molecular flexibility index (Phi) is 3.85. The summed E-state index contributed by atoms with van der Waals surface area (Å²) in [4.78, 5) is 0. The first kappa shape index (κ1) is 12.6. The maximum atomic E-state index is 10.7. The van der Waals surface area contributed by atoms with Gasteiger partial charge >= 0.3 is 0 Å². The number of hydrogen-bond acceptors (Lipinski definition) is 2. The lowest BCUT2D eigenvalue weighted by Crippen LogP contribution is -2.34. The summed E-state index contributed by atoms with van der Waals surface area (Å²) in [6.07, 6.45) is 4.85. The van der Waals surface area contributed by atoms with Crippen molar-refractivity contribution in [2.75, 3.05) is 7.11 Å². The molecule has 1 saturated carbocycles. The molecule has 0 radical (unpaired) electrons. The Balaban J connectivity index is 2.15. The summed E-state index contributed by atoms with van der Waals surface area (Å²) in [6, 6.07) is 8.36. The van der Waals surface area contributed by atoms with Crippen LogP contribution in [0.25, 0.3) is 0 Å². The van der Waals surface area contributed by atoms with Crippen LogP contribution in [0.2, 0.25) is 0 Å². The Morgan fingerprint density at radius 2 is 2.06 bits per heavy atom. The van der Waals surface area contributed by atoms with E-state index in [-0.39, 0.29) is 0 Å². The number of methoxy groups -OCH3 is 1. The first-order chi connectivity index (χ1) is 8.18. The monoisotopic (exact) mass is 234 g/mol. The quantitative estimate of drug-likeness (QED) is 0.871. The van der Waals surface area contributed by atoms with Crippen molar-refractivity contribution in [2.45, 2.75) is 50.7 Å². The number of hydrogen-bond donors (Lipinski definition) is 1. The maximum Gasteiger partial charge on any atom is 0.0898 e. The molecule has 1 fully saturated rings. The molecule has 0 atom stereocenters. The summed E-state index contributed by atoms with van der Waals surface area (Å²) in [5.74, 6) is 0. The summed E-state index contributed by atoms with van der Waals surface area (Å²) in [5, 5.41) is 10.7. The first-order valence-electron chi connectivity index (χ1n) is 6.52. The number of aryl methyl sites for hydroxylation is 1. The fourth-order valence-corrected chi connectivity index (χ4v) is 2.67. The predicted octanol–water partition coefficient (Wildman–Crippen LogP) is 3.03. The minimum atomic E-state index is -0.639. The Morgan fingerprint density at radius 3 is 2.65 bits per heavy atom. The third-order valence-electron chi connectivity index (χ3n) is 3.97. The Labute approximate surface area is 104 Å². The second-order valence-electron chi connectivity index (χ2n) is 5.02. The van der Waals surface area contributed by atoms with Crippen LogP contribution in [-0.2, 0) is 16.8 Å². The third kappa shape index (κ3) is 2.70. The fourth-order valence-electron chi connectivity index (χ4n) is 2.67. The summed E-state index contributed by atoms with van der Waals surface area (Å²) >= 11 is 0. The molecule has 94 valence electrons. The highest BCUT2D eigenvalue weighted by atomic mass is 16.5. The van der Waals surface area contributed by atoms with Crippen molar-refractivity contribution in [3.8, 4) is 0 Å². The lowest BCUT2D eigenvalue weighted by Gasteiger charge is -2.36. The minimum absolute atomic E-state index is 0.324. The van der Waals surface area contributed by atoms with Crippen LogP contribution >= 0.6 is 0 Å². The molecule has 0 unspecified atom stereocenters. The summed E-state index contributed by atoms with van der Waals surface area (Å²) in [5.41, 5.74) is 1.73. The highest BCUT2D eigenvalue weighted by Crippen LogP contribution is 2.38. The second-order valence-corrected chi connectivity index (χ2v) is 5.02. The molecule has 0 heterocycles. The zero-order valence-corrected chi connectivity index (χ0v) is 10.8. The van der Waals surface area contributed by atoms with E-state index >= 15 is 0 Å². The van der Waals surface area contributed by atoms with Gasteiger partial charge in [0.15, 0.2) is 0 Å². The van der Waals surface area contributed by atoms with Gasteiger partial charge in [-0.3, -0.25) is 0 Å². The van der Waals surface area contributed by atoms with E-state index in [2.05, 4.69) is 25.1 Å². The van der Waals surface area contributed by atoms with Gasteiger partial charge in [0.05, 0.1) is 11.7 Å². The number of ether oxygens (including phenoxy) is 1. The Morgan fingerprint density at radius 1 is 1.35 bits per heavy atom. The third-order valence-corrected chi connectivity index (χ3v) is 3.97. The van der Waals surface area contributed by atoms with Gasteiger partial charge in [0.2, 0.25) is 0 Å². The Hall–Kier alpha value is -0.860. The standard InChI is InChI=1S/C15H22O2/c1-3-12-5-4-6-13(11-12)15(16)9-7-14(17-2)8-10-15/h4-6,11,14,16H,3,7-10H2,1-2H3. The zero-order valence-electron chi connectivity index (χ0n) is 10.8. The molecule has 17 heavy (non-hydrogen) atoms. The molecule has 1 N–H and O–H groups in total. The lowest BCUT2D eigenvalue weighted by atomic mass is 9.78. The normalized spacial score (nSPS) is 29.2. The molecular weight excluding hydrogens is 212 g/mol.